The van der Waals surface area contributed by atoms with Gasteiger partial charge in [-0.25, -0.2) is 0 Å². The van der Waals surface area contributed by atoms with Crippen LogP contribution in [-0.2, 0) is 9.53 Å². The predicted octanol–water partition coefficient (Wildman–Crippen LogP) is 0.200. The monoisotopic (exact) mass is 257 g/mol. The maximum absolute atomic E-state index is 11.6. The first-order valence-electron chi connectivity index (χ1n) is 6.99. The van der Waals surface area contributed by atoms with Crippen molar-refractivity contribution >= 4 is 5.91 Å². The van der Waals surface area contributed by atoms with Crippen molar-refractivity contribution in [2.75, 3.05) is 45.9 Å². The van der Waals surface area contributed by atoms with E-state index in [-0.39, 0.29) is 5.91 Å². The molecule has 0 radical (unpaired) electrons. The molecular weight excluding hydrogens is 230 g/mol. The third-order valence-electron chi connectivity index (χ3n) is 3.38. The average molecular weight is 257 g/mol. The molecule has 0 spiro atoms. The lowest BCUT2D eigenvalue weighted by Gasteiger charge is -2.26. The van der Waals surface area contributed by atoms with Crippen molar-refractivity contribution in [3.8, 4) is 0 Å². The first kappa shape index (κ1) is 15.4. The van der Waals surface area contributed by atoms with Crippen LogP contribution >= 0.6 is 0 Å². The molecule has 0 aromatic heterocycles. The van der Waals surface area contributed by atoms with Crippen LogP contribution in [0.3, 0.4) is 0 Å². The van der Waals surface area contributed by atoms with Crippen molar-refractivity contribution in [2.24, 2.45) is 11.7 Å². The van der Waals surface area contributed by atoms with Gasteiger partial charge in [-0.1, -0.05) is 6.92 Å². The van der Waals surface area contributed by atoms with Crippen LogP contribution in [0.2, 0.25) is 0 Å². The Labute approximate surface area is 110 Å². The summed E-state index contributed by atoms with van der Waals surface area (Å²) < 4.78 is 5.28. The molecule has 5 heteroatoms. The molecule has 1 amide bonds. The molecule has 5 nitrogen and oxygen atoms in total. The zero-order valence-electron chi connectivity index (χ0n) is 11.5. The predicted molar refractivity (Wildman–Crippen MR) is 72.3 cm³/mol. The fourth-order valence-corrected chi connectivity index (χ4v) is 2.07. The molecule has 1 saturated heterocycles. The minimum absolute atomic E-state index is 0.159. The number of amides is 1. The van der Waals surface area contributed by atoms with Gasteiger partial charge < -0.3 is 15.8 Å². The van der Waals surface area contributed by atoms with Gasteiger partial charge in [0.2, 0.25) is 5.91 Å². The Morgan fingerprint density at radius 1 is 1.39 bits per heavy atom. The molecule has 0 saturated carbocycles. The van der Waals surface area contributed by atoms with E-state index >= 15 is 0 Å². The molecular formula is C13H27N3O2. The number of carbonyl (C=O) groups excluding carboxylic acids is 1. The minimum Gasteiger partial charge on any atom is -0.379 e. The molecule has 1 aliphatic rings. The van der Waals surface area contributed by atoms with Crippen LogP contribution in [0.5, 0.6) is 0 Å². The summed E-state index contributed by atoms with van der Waals surface area (Å²) in [6, 6.07) is 0. The summed E-state index contributed by atoms with van der Waals surface area (Å²) in [5, 5.41) is 2.97. The fraction of sp³-hybridized carbons (Fsp3) is 0.923. The molecule has 18 heavy (non-hydrogen) atoms. The SMILES string of the molecule is CC(CCN)CCC(=O)NCCN1CCOCC1. The van der Waals surface area contributed by atoms with E-state index in [1.54, 1.807) is 0 Å². The van der Waals surface area contributed by atoms with Gasteiger partial charge in [-0.05, 0) is 25.3 Å². The number of carbonyl (C=O) groups is 1. The van der Waals surface area contributed by atoms with Crippen molar-refractivity contribution in [2.45, 2.75) is 26.2 Å². The maximum atomic E-state index is 11.6. The zero-order valence-corrected chi connectivity index (χ0v) is 11.5. The number of ether oxygens (including phenoxy) is 1. The first-order valence-corrected chi connectivity index (χ1v) is 6.99. The summed E-state index contributed by atoms with van der Waals surface area (Å²) in [6.07, 6.45) is 2.55. The van der Waals surface area contributed by atoms with Crippen LogP contribution in [-0.4, -0.2) is 56.7 Å². The highest BCUT2D eigenvalue weighted by atomic mass is 16.5. The normalized spacial score (nSPS) is 18.6. The van der Waals surface area contributed by atoms with Gasteiger partial charge in [0, 0.05) is 32.6 Å². The highest BCUT2D eigenvalue weighted by molar-refractivity contribution is 5.75. The van der Waals surface area contributed by atoms with Crippen molar-refractivity contribution in [1.29, 1.82) is 0 Å². The van der Waals surface area contributed by atoms with Crippen molar-refractivity contribution in [1.82, 2.24) is 10.2 Å². The topological polar surface area (TPSA) is 67.6 Å². The second-order valence-electron chi connectivity index (χ2n) is 5.03. The van der Waals surface area contributed by atoms with Gasteiger partial charge in [0.25, 0.3) is 0 Å². The number of morpholine rings is 1. The van der Waals surface area contributed by atoms with Crippen LogP contribution in [0.25, 0.3) is 0 Å². The Morgan fingerprint density at radius 3 is 2.78 bits per heavy atom. The number of nitrogens with zero attached hydrogens (tertiary/aromatic N) is 1. The Bertz CT molecular complexity index is 230. The van der Waals surface area contributed by atoms with E-state index in [2.05, 4.69) is 17.1 Å². The first-order chi connectivity index (χ1) is 8.72. The summed E-state index contributed by atoms with van der Waals surface area (Å²) in [5.41, 5.74) is 5.48. The van der Waals surface area contributed by atoms with E-state index in [1.165, 1.54) is 0 Å². The Kier molecular flexibility index (Phi) is 7.96. The number of hydrogen-bond donors (Lipinski definition) is 2. The number of hydrogen-bond acceptors (Lipinski definition) is 4. The summed E-state index contributed by atoms with van der Waals surface area (Å²) in [5.74, 6) is 0.701. The van der Waals surface area contributed by atoms with E-state index in [0.29, 0.717) is 18.9 Å². The van der Waals surface area contributed by atoms with E-state index in [4.69, 9.17) is 10.5 Å². The van der Waals surface area contributed by atoms with Crippen LogP contribution in [0.15, 0.2) is 0 Å². The van der Waals surface area contributed by atoms with Gasteiger partial charge in [0.1, 0.15) is 0 Å². The second-order valence-corrected chi connectivity index (χ2v) is 5.03. The van der Waals surface area contributed by atoms with Crippen molar-refractivity contribution in [3.63, 3.8) is 0 Å². The molecule has 106 valence electrons. The number of rotatable bonds is 8. The maximum Gasteiger partial charge on any atom is 0.220 e. The number of nitrogens with one attached hydrogen (secondary N) is 1. The minimum atomic E-state index is 0.159. The van der Waals surface area contributed by atoms with E-state index in [0.717, 1.165) is 52.2 Å². The molecule has 1 fully saturated rings. The zero-order chi connectivity index (χ0) is 13.2. The van der Waals surface area contributed by atoms with Crippen LogP contribution in [0.4, 0.5) is 0 Å². The van der Waals surface area contributed by atoms with Gasteiger partial charge in [0.15, 0.2) is 0 Å². The smallest absolute Gasteiger partial charge is 0.220 e. The molecule has 3 N–H and O–H groups in total. The molecule has 1 heterocycles. The lowest BCUT2D eigenvalue weighted by Crippen LogP contribution is -2.41. The molecule has 1 rings (SSSR count). The average Bonchev–Trinajstić information content (AvgIpc) is 2.38. The van der Waals surface area contributed by atoms with Gasteiger partial charge in [-0.15, -0.1) is 0 Å². The van der Waals surface area contributed by atoms with Crippen LogP contribution in [0, 0.1) is 5.92 Å². The van der Waals surface area contributed by atoms with E-state index < -0.39 is 0 Å². The third-order valence-corrected chi connectivity index (χ3v) is 3.38. The third kappa shape index (κ3) is 6.93. The molecule has 0 aromatic rings. The van der Waals surface area contributed by atoms with Gasteiger partial charge >= 0.3 is 0 Å². The molecule has 1 unspecified atom stereocenters. The lowest BCUT2D eigenvalue weighted by molar-refractivity contribution is -0.121. The summed E-state index contributed by atoms with van der Waals surface area (Å²) in [4.78, 5) is 13.9. The van der Waals surface area contributed by atoms with Gasteiger partial charge in [-0.3, -0.25) is 9.69 Å². The molecule has 1 atom stereocenters. The Balaban J connectivity index is 1.99. The van der Waals surface area contributed by atoms with E-state index in [1.807, 2.05) is 0 Å². The number of nitrogens with two attached hydrogens (primary N) is 1. The summed E-state index contributed by atoms with van der Waals surface area (Å²) >= 11 is 0. The lowest BCUT2D eigenvalue weighted by atomic mass is 10.0. The Morgan fingerprint density at radius 2 is 2.11 bits per heavy atom. The highest BCUT2D eigenvalue weighted by Crippen LogP contribution is 2.08. The van der Waals surface area contributed by atoms with Gasteiger partial charge in [0.05, 0.1) is 13.2 Å². The van der Waals surface area contributed by atoms with Crippen molar-refractivity contribution in [3.05, 3.63) is 0 Å². The molecule has 0 aliphatic carbocycles. The second kappa shape index (κ2) is 9.30. The molecule has 0 aromatic carbocycles. The fourth-order valence-electron chi connectivity index (χ4n) is 2.07. The van der Waals surface area contributed by atoms with E-state index in [9.17, 15) is 4.79 Å². The van der Waals surface area contributed by atoms with Crippen molar-refractivity contribution < 1.29 is 9.53 Å². The van der Waals surface area contributed by atoms with Gasteiger partial charge in [-0.2, -0.15) is 0 Å². The quantitative estimate of drug-likeness (QED) is 0.652. The van der Waals surface area contributed by atoms with Crippen LogP contribution < -0.4 is 11.1 Å². The largest absolute Gasteiger partial charge is 0.379 e. The summed E-state index contributed by atoms with van der Waals surface area (Å²) in [6.45, 7) is 8.09. The highest BCUT2D eigenvalue weighted by Gasteiger charge is 2.10. The Hall–Kier alpha value is -0.650. The molecule has 0 bridgehead atoms. The molecule has 1 aliphatic heterocycles. The van der Waals surface area contributed by atoms with Crippen LogP contribution in [0.1, 0.15) is 26.2 Å². The standard InChI is InChI=1S/C13H27N3O2/c1-12(4-5-14)2-3-13(17)15-6-7-16-8-10-18-11-9-16/h12H,2-11,14H2,1H3,(H,15,17). The summed E-state index contributed by atoms with van der Waals surface area (Å²) in [7, 11) is 0.